The van der Waals surface area contributed by atoms with Gasteiger partial charge in [-0.15, -0.1) is 24.8 Å². The Balaban J connectivity index is 0.000000605. The molecule has 0 bridgehead atoms. The topological polar surface area (TPSA) is 15.3 Å². The van der Waals surface area contributed by atoms with Gasteiger partial charge in [0.1, 0.15) is 0 Å². The molecule has 0 aromatic rings. The van der Waals surface area contributed by atoms with Gasteiger partial charge in [-0.1, -0.05) is 6.42 Å². The number of hydrogen-bond acceptors (Lipinski definition) is 2. The molecule has 0 unspecified atom stereocenters. The Morgan fingerprint density at radius 3 is 1.92 bits per heavy atom. The van der Waals surface area contributed by atoms with E-state index in [4.69, 9.17) is 0 Å². The van der Waals surface area contributed by atoms with E-state index in [0.29, 0.717) is 0 Å². The second-order valence-corrected chi connectivity index (χ2v) is 3.56. The number of nitrogens with one attached hydrogen (secondary N) is 1. The van der Waals surface area contributed by atoms with E-state index in [1.807, 2.05) is 0 Å². The summed E-state index contributed by atoms with van der Waals surface area (Å²) in [7, 11) is 2.27. The summed E-state index contributed by atoms with van der Waals surface area (Å²) in [6.07, 6.45) is 4.33. The lowest BCUT2D eigenvalue weighted by Crippen LogP contribution is -2.59. The lowest BCUT2D eigenvalue weighted by Gasteiger charge is -2.44. The van der Waals surface area contributed by atoms with Crippen LogP contribution in [0.5, 0.6) is 0 Å². The van der Waals surface area contributed by atoms with Crippen molar-refractivity contribution < 1.29 is 0 Å². The first-order valence-corrected chi connectivity index (χ1v) is 4.30. The number of rotatable bonds is 2. The molecule has 0 amide bonds. The van der Waals surface area contributed by atoms with Crippen molar-refractivity contribution in [2.75, 3.05) is 20.1 Å². The average Bonchev–Trinajstić information content (AvgIpc) is 1.52. The van der Waals surface area contributed by atoms with Crippen molar-refractivity contribution in [3.05, 3.63) is 0 Å². The zero-order valence-corrected chi connectivity index (χ0v) is 9.09. The maximum absolute atomic E-state index is 3.30. The van der Waals surface area contributed by atoms with Crippen LogP contribution < -0.4 is 5.32 Å². The van der Waals surface area contributed by atoms with Gasteiger partial charge in [-0.2, -0.15) is 0 Å². The van der Waals surface area contributed by atoms with Crippen molar-refractivity contribution in [1.29, 1.82) is 0 Å². The lowest BCUT2D eigenvalue weighted by atomic mass is 9.90. The highest BCUT2D eigenvalue weighted by molar-refractivity contribution is 5.85. The lowest BCUT2D eigenvalue weighted by molar-refractivity contribution is 0.0805. The molecule has 12 heavy (non-hydrogen) atoms. The molecule has 4 heteroatoms. The molecule has 1 saturated carbocycles. The van der Waals surface area contributed by atoms with Crippen molar-refractivity contribution in [3.8, 4) is 0 Å². The van der Waals surface area contributed by atoms with Gasteiger partial charge in [0.2, 0.25) is 0 Å². The van der Waals surface area contributed by atoms with Crippen LogP contribution in [0.2, 0.25) is 0 Å². The molecule has 74 valence electrons. The molecule has 1 heterocycles. The summed E-state index contributed by atoms with van der Waals surface area (Å²) < 4.78 is 0. The zero-order valence-electron chi connectivity index (χ0n) is 7.45. The first kappa shape index (κ1) is 12.5. The van der Waals surface area contributed by atoms with Gasteiger partial charge >= 0.3 is 0 Å². The molecule has 0 spiro atoms. The largest absolute Gasteiger partial charge is 0.314 e. The van der Waals surface area contributed by atoms with Gasteiger partial charge in [0.25, 0.3) is 0 Å². The number of nitrogens with zero attached hydrogens (tertiary/aromatic N) is 1. The van der Waals surface area contributed by atoms with Gasteiger partial charge < -0.3 is 5.32 Å². The SMILES string of the molecule is CN(C1CCC1)C1CNC1.Cl.Cl. The second kappa shape index (κ2) is 5.28. The molecule has 0 aromatic carbocycles. The Hall–Kier alpha value is 0.500. The molecule has 1 aliphatic carbocycles. The molecular weight excluding hydrogens is 195 g/mol. The minimum atomic E-state index is 0. The first-order valence-electron chi connectivity index (χ1n) is 4.30. The summed E-state index contributed by atoms with van der Waals surface area (Å²) in [5.41, 5.74) is 0. The fourth-order valence-corrected chi connectivity index (χ4v) is 1.65. The predicted molar refractivity (Wildman–Crippen MR) is 56.6 cm³/mol. The number of likely N-dealkylation sites (N-methyl/N-ethyl adjacent to an activating group) is 1. The van der Waals surface area contributed by atoms with Crippen LogP contribution in [0.1, 0.15) is 19.3 Å². The van der Waals surface area contributed by atoms with Crippen LogP contribution in [0.3, 0.4) is 0 Å². The minimum absolute atomic E-state index is 0. The Morgan fingerprint density at radius 1 is 1.08 bits per heavy atom. The third-order valence-electron chi connectivity index (χ3n) is 2.99. The third kappa shape index (κ3) is 2.25. The molecule has 2 rings (SSSR count). The Bertz CT molecular complexity index is 110. The van der Waals surface area contributed by atoms with Gasteiger partial charge in [0.05, 0.1) is 0 Å². The van der Waals surface area contributed by atoms with E-state index in [0.717, 1.165) is 12.1 Å². The number of halogens is 2. The van der Waals surface area contributed by atoms with Crippen LogP contribution >= 0.6 is 24.8 Å². The summed E-state index contributed by atoms with van der Waals surface area (Å²) >= 11 is 0. The number of hydrogen-bond donors (Lipinski definition) is 1. The predicted octanol–water partition coefficient (Wildman–Crippen LogP) is 1.29. The van der Waals surface area contributed by atoms with Crippen LogP contribution in [-0.4, -0.2) is 37.1 Å². The summed E-state index contributed by atoms with van der Waals surface area (Å²) in [6, 6.07) is 1.78. The van der Waals surface area contributed by atoms with Crippen LogP contribution in [0.25, 0.3) is 0 Å². The van der Waals surface area contributed by atoms with Crippen LogP contribution in [-0.2, 0) is 0 Å². The molecule has 0 aromatic heterocycles. The maximum Gasteiger partial charge on any atom is 0.0345 e. The van der Waals surface area contributed by atoms with E-state index in [2.05, 4.69) is 17.3 Å². The zero-order chi connectivity index (χ0) is 6.97. The molecule has 0 radical (unpaired) electrons. The molecule has 0 atom stereocenters. The van der Waals surface area contributed by atoms with E-state index < -0.39 is 0 Å². The highest BCUT2D eigenvalue weighted by Gasteiger charge is 2.30. The second-order valence-electron chi connectivity index (χ2n) is 3.56. The van der Waals surface area contributed by atoms with E-state index >= 15 is 0 Å². The van der Waals surface area contributed by atoms with Gasteiger partial charge in [-0.25, -0.2) is 0 Å². The highest BCUT2D eigenvalue weighted by atomic mass is 35.5. The van der Waals surface area contributed by atoms with Gasteiger partial charge in [0.15, 0.2) is 0 Å². The van der Waals surface area contributed by atoms with Crippen molar-refractivity contribution in [3.63, 3.8) is 0 Å². The third-order valence-corrected chi connectivity index (χ3v) is 2.99. The summed E-state index contributed by atoms with van der Waals surface area (Å²) in [4.78, 5) is 2.56. The van der Waals surface area contributed by atoms with Gasteiger partial charge in [-0.3, -0.25) is 4.90 Å². The van der Waals surface area contributed by atoms with Crippen molar-refractivity contribution in [2.45, 2.75) is 31.3 Å². The maximum atomic E-state index is 3.30. The molecule has 2 aliphatic rings. The van der Waals surface area contributed by atoms with E-state index in [-0.39, 0.29) is 24.8 Å². The van der Waals surface area contributed by atoms with Crippen LogP contribution in [0.4, 0.5) is 0 Å². The average molecular weight is 213 g/mol. The summed E-state index contributed by atoms with van der Waals surface area (Å²) in [6.45, 7) is 2.43. The van der Waals surface area contributed by atoms with Crippen molar-refractivity contribution >= 4 is 24.8 Å². The summed E-state index contributed by atoms with van der Waals surface area (Å²) in [5.74, 6) is 0. The van der Waals surface area contributed by atoms with Gasteiger partial charge in [-0.05, 0) is 19.9 Å². The normalized spacial score (nSPS) is 23.5. The van der Waals surface area contributed by atoms with Gasteiger partial charge in [0, 0.05) is 25.2 Å². The fraction of sp³-hybridized carbons (Fsp3) is 1.00. The minimum Gasteiger partial charge on any atom is -0.314 e. The fourth-order valence-electron chi connectivity index (χ4n) is 1.65. The molecular formula is C8H18Cl2N2. The molecule has 2 nitrogen and oxygen atoms in total. The Kier molecular flexibility index (Phi) is 5.50. The van der Waals surface area contributed by atoms with E-state index in [9.17, 15) is 0 Å². The molecule has 1 saturated heterocycles. The monoisotopic (exact) mass is 212 g/mol. The Labute approximate surface area is 86.9 Å². The van der Waals surface area contributed by atoms with Crippen LogP contribution in [0, 0.1) is 0 Å². The van der Waals surface area contributed by atoms with E-state index in [1.54, 1.807) is 0 Å². The smallest absolute Gasteiger partial charge is 0.0345 e. The van der Waals surface area contributed by atoms with E-state index in [1.165, 1.54) is 32.4 Å². The Morgan fingerprint density at radius 2 is 1.67 bits per heavy atom. The van der Waals surface area contributed by atoms with Crippen LogP contribution in [0.15, 0.2) is 0 Å². The molecule has 2 fully saturated rings. The highest BCUT2D eigenvalue weighted by Crippen LogP contribution is 2.25. The molecule has 1 aliphatic heterocycles. The van der Waals surface area contributed by atoms with Crippen molar-refractivity contribution in [2.24, 2.45) is 0 Å². The summed E-state index contributed by atoms with van der Waals surface area (Å²) in [5, 5.41) is 3.30. The molecule has 1 N–H and O–H groups in total. The standard InChI is InChI=1S/C8H16N2.2ClH/c1-10(7-3-2-4-7)8-5-9-6-8;;/h7-9H,2-6H2,1H3;2*1H. The quantitative estimate of drug-likeness (QED) is 0.743. The van der Waals surface area contributed by atoms with Crippen molar-refractivity contribution in [1.82, 2.24) is 10.2 Å². The first-order chi connectivity index (χ1) is 4.88.